The molecule has 0 aliphatic heterocycles. The van der Waals surface area contributed by atoms with Crippen LogP contribution >= 0.6 is 94.8 Å². The van der Waals surface area contributed by atoms with Crippen LogP contribution in [0.2, 0.25) is 0 Å². The Hall–Kier alpha value is -2.82. The summed E-state index contributed by atoms with van der Waals surface area (Å²) in [6.45, 7) is 0. The number of para-hydroxylation sites is 3. The first-order chi connectivity index (χ1) is 56.1. The fourth-order valence-corrected chi connectivity index (χ4v) is 33.5. The molecule has 660 valence electrons. The van der Waals surface area contributed by atoms with Gasteiger partial charge >= 0.3 is 134 Å². The van der Waals surface area contributed by atoms with E-state index in [-0.39, 0.29) is 179 Å². The van der Waals surface area contributed by atoms with Crippen LogP contribution in [0.4, 0.5) is 17.1 Å². The maximum Gasteiger partial charge on any atom is 1.00 e. The zero-order valence-corrected chi connectivity index (χ0v) is 91.7. The van der Waals surface area contributed by atoms with Gasteiger partial charge in [-0.15, -0.1) is 80.2 Å². The summed E-state index contributed by atoms with van der Waals surface area (Å²) in [4.78, 5) is 0. The van der Waals surface area contributed by atoms with Gasteiger partial charge in [0.25, 0.3) is 0 Å². The molecule has 123 heavy (non-hydrogen) atoms. The molecule has 0 saturated carbocycles. The van der Waals surface area contributed by atoms with Gasteiger partial charge in [0.15, 0.2) is 48.4 Å². The number of benzene rings is 15. The molecule has 11 nitrogen and oxygen atoms in total. The summed E-state index contributed by atoms with van der Waals surface area (Å²) in [5.74, 6) is 0. The van der Waals surface area contributed by atoms with Crippen molar-refractivity contribution in [2.45, 2.75) is 0 Å². The van der Waals surface area contributed by atoms with Crippen LogP contribution in [0.5, 0.6) is 0 Å². The average molecular weight is 3100 g/mol. The third-order valence-corrected chi connectivity index (χ3v) is 35.8. The minimum absolute atomic E-state index is 0. The van der Waals surface area contributed by atoms with E-state index in [1.54, 1.807) is 0 Å². The molecular weight excluding hydrogens is 3010 g/mol. The largest absolute Gasteiger partial charge is 2.00 e. The molecular formula is C92H85Au6Cl6N3O8P6Se2+6. The van der Waals surface area contributed by atoms with Crippen molar-refractivity contribution in [1.29, 1.82) is 0 Å². The summed E-state index contributed by atoms with van der Waals surface area (Å²) in [6, 6.07) is 165. The summed E-state index contributed by atoms with van der Waals surface area (Å²) < 4.78 is 76.2. The van der Waals surface area contributed by atoms with Crippen LogP contribution in [0.1, 0.15) is 0 Å². The number of anilines is 3. The van der Waals surface area contributed by atoms with Crippen molar-refractivity contribution < 1.29 is 192 Å². The van der Waals surface area contributed by atoms with E-state index in [9.17, 15) is 0 Å². The Morgan fingerprint density at radius 1 is 0.163 bits per heavy atom. The Morgan fingerprint density at radius 3 is 0.301 bits per heavy atom. The zero-order chi connectivity index (χ0) is 81.3. The summed E-state index contributed by atoms with van der Waals surface area (Å²) >= 11 is 19.1. The fraction of sp³-hybridized carbons (Fsp3) is 0.0217. The van der Waals surface area contributed by atoms with Gasteiger partial charge in [-0.25, -0.2) is 37.3 Å². The van der Waals surface area contributed by atoms with Crippen molar-refractivity contribution in [3.8, 4) is 0 Å². The van der Waals surface area contributed by atoms with Crippen LogP contribution in [0.3, 0.4) is 0 Å². The van der Waals surface area contributed by atoms with E-state index in [0.29, 0.717) is 0 Å². The van der Waals surface area contributed by atoms with Crippen molar-refractivity contribution in [1.82, 2.24) is 0 Å². The van der Waals surface area contributed by atoms with Crippen molar-refractivity contribution >= 4 is 210 Å². The first-order valence-electron chi connectivity index (χ1n) is 36.0. The van der Waals surface area contributed by atoms with Crippen molar-refractivity contribution in [3.63, 3.8) is 0 Å². The number of alkyl halides is 4. The van der Waals surface area contributed by atoms with Gasteiger partial charge < -0.3 is 34.1 Å². The number of hydrogen-bond acceptors (Lipinski definition) is 11. The Bertz CT molecular complexity index is 4100. The Balaban J connectivity index is 0.000000821. The molecule has 15 aromatic rings. The molecule has 0 radical (unpaired) electrons. The van der Waals surface area contributed by atoms with E-state index < -0.39 is 68.9 Å². The normalized spacial score (nSPS) is 10.1. The maximum atomic E-state index is 8.49. The minimum Gasteiger partial charge on any atom is -2.00 e. The fourth-order valence-electron chi connectivity index (χ4n) is 12.5. The summed E-state index contributed by atoms with van der Waals surface area (Å²) in [6.07, 6.45) is 0. The molecule has 0 fully saturated rings. The molecule has 15 rings (SSSR count). The van der Waals surface area contributed by atoms with Gasteiger partial charge in [-0.2, -0.15) is 0 Å². The molecule has 0 aliphatic rings. The molecule has 15 aromatic carbocycles. The van der Waals surface area contributed by atoms with Crippen LogP contribution < -0.4 is 114 Å². The summed E-state index contributed by atoms with van der Waals surface area (Å²) in [7, 11) is -17.7. The molecule has 0 saturated heterocycles. The monoisotopic (exact) mass is 3100 g/mol. The number of nitrogens with zero attached hydrogens (tertiary/aromatic N) is 3. The van der Waals surface area contributed by atoms with Crippen LogP contribution in [-0.4, -0.2) is 44.8 Å². The first-order valence-corrected chi connectivity index (χ1v) is 49.3. The van der Waals surface area contributed by atoms with Crippen LogP contribution in [0.15, 0.2) is 455 Å². The predicted octanol–water partition coefficient (Wildman–Crippen LogP) is 10.7. The quantitative estimate of drug-likeness (QED) is 0.0377. The molecule has 0 spiro atoms. The van der Waals surface area contributed by atoms with Crippen LogP contribution in [0.25, 0.3) is 0 Å². The standard InChI is InChI=1S/3C30H25NP2.2CH2Cl2.6Au.2ClHO4.2Se/c3*1-6-16-26(17-7-1)31(32(27-18-8-2-9-19-27)28-20-10-3-11-21-28)33(29-22-12-4-13-23-29)30-24-14-5-15-25-30;2*2-1-3;;;;;;;2*2-1(3,4)5;;/h3*1-25H;2*1H2;;;;;;;2*(H,2,3,4,5);;/q;;;;;6*+1;;;2*-2/p+4. The van der Waals surface area contributed by atoms with E-state index >= 15 is 0 Å². The predicted molar refractivity (Wildman–Crippen MR) is 494 cm³/mol. The van der Waals surface area contributed by atoms with E-state index in [1.807, 2.05) is 0 Å². The Kier molecular flexibility index (Phi) is 63.9. The molecule has 0 bridgehead atoms. The third kappa shape index (κ3) is 40.4. The van der Waals surface area contributed by atoms with E-state index in [0.717, 1.165) is 0 Å². The molecule has 0 aliphatic carbocycles. The van der Waals surface area contributed by atoms with Gasteiger partial charge in [-0.1, -0.05) is 273 Å². The number of hydrogen-bond donors (Lipinski definition) is 0. The number of halogens is 6. The molecule has 31 heteroatoms. The molecule has 0 N–H and O–H groups in total. The summed E-state index contributed by atoms with van der Waals surface area (Å²) in [5.41, 5.74) is 3.84. The molecule has 0 aromatic heterocycles. The van der Waals surface area contributed by atoms with E-state index in [2.05, 4.69) is 468 Å². The molecule has 0 amide bonds. The third-order valence-electron chi connectivity index (χ3n) is 17.0. The molecule has 0 heterocycles. The van der Waals surface area contributed by atoms with E-state index in [4.69, 9.17) is 83.7 Å². The van der Waals surface area contributed by atoms with E-state index in [1.165, 1.54) is 80.7 Å². The Labute approximate surface area is 869 Å². The topological polar surface area (TPSA) is 194 Å². The smallest absolute Gasteiger partial charge is 1.00 e. The molecule has 0 unspecified atom stereocenters. The summed E-state index contributed by atoms with van der Waals surface area (Å²) in [5, 5.41) is 17.1. The minimum atomic E-state index is -4.94. The second-order valence-electron chi connectivity index (χ2n) is 24.5. The number of rotatable bonds is 21. The second kappa shape index (κ2) is 66.5. The maximum absolute atomic E-state index is 8.49. The van der Waals surface area contributed by atoms with Gasteiger partial charge in [0, 0.05) is 0 Å². The van der Waals surface area contributed by atoms with Crippen LogP contribution in [0, 0.1) is 20.5 Å². The second-order valence-corrected chi connectivity index (χ2v) is 42.7. The van der Waals surface area contributed by atoms with Gasteiger partial charge in [-0.05, 0) is 182 Å². The van der Waals surface area contributed by atoms with Gasteiger partial charge in [-0.3, -0.25) is 0 Å². The average Bonchev–Trinajstić information content (AvgIpc) is 0.780. The molecule has 0 atom stereocenters. The first kappa shape index (κ1) is 118. The zero-order valence-electron chi connectivity index (χ0n) is 64.7. The Morgan fingerprint density at radius 2 is 0.228 bits per heavy atom. The van der Waals surface area contributed by atoms with Crippen molar-refractivity contribution in [3.05, 3.63) is 455 Å². The van der Waals surface area contributed by atoms with Crippen LogP contribution in [-0.2, 0) is 134 Å². The van der Waals surface area contributed by atoms with Gasteiger partial charge in [0.2, 0.25) is 0 Å². The van der Waals surface area contributed by atoms with Crippen molar-refractivity contribution in [2.75, 3.05) is 24.0 Å². The SMILES string of the molecule is ClCCl.ClCCl.[Au+].[Au+].[Au+].[Au+].[Au+].[Au+].[O-][Cl+3]([O-])([O-])[O-].[O-][Cl+3]([O-])([O-])[O-].[Se-2].[Se-2].c1ccc(N([PH+](c2ccccc2)c2ccccc2)[PH+](c2ccccc2)c2ccccc2)cc1.c1ccc(N([PH+](c2ccccc2)c2ccccc2)[PH+](c2ccccc2)c2ccccc2)cc1.c1ccc(N([PH+](c2ccccc2)c2ccccc2)[PH+](c2ccccc2)c2ccccc2)cc1. The van der Waals surface area contributed by atoms with Gasteiger partial charge in [0.1, 0.15) is 80.7 Å². The van der Waals surface area contributed by atoms with Gasteiger partial charge in [0.05, 0.1) is 10.7 Å². The van der Waals surface area contributed by atoms with Crippen molar-refractivity contribution in [2.24, 2.45) is 0 Å².